The number of hydrogen-bond donors (Lipinski definition) is 1. The number of imidazole rings is 1. The van der Waals surface area contributed by atoms with Crippen LogP contribution in [0, 0.1) is 0 Å². The van der Waals surface area contributed by atoms with Crippen LogP contribution in [0.2, 0.25) is 0 Å². The van der Waals surface area contributed by atoms with E-state index in [9.17, 15) is 4.79 Å². The lowest BCUT2D eigenvalue weighted by Crippen LogP contribution is -2.06. The van der Waals surface area contributed by atoms with Crippen molar-refractivity contribution in [1.29, 1.82) is 0 Å². The second-order valence-electron chi connectivity index (χ2n) is 2.82. The fourth-order valence-corrected chi connectivity index (χ4v) is 1.33. The molecule has 1 aromatic heterocycles. The topological polar surface area (TPSA) is 70.1 Å². The Morgan fingerprint density at radius 2 is 2.36 bits per heavy atom. The lowest BCUT2D eigenvalue weighted by molar-refractivity contribution is 0.0603. The first-order chi connectivity index (χ1) is 6.74. The third-order valence-electron chi connectivity index (χ3n) is 2.01. The SMILES string of the molecule is COC(=O)c1cccc2c1ncn2N. The zero-order chi connectivity index (χ0) is 10.1. The van der Waals surface area contributed by atoms with Gasteiger partial charge in [-0.05, 0) is 12.1 Å². The molecular weight excluding hydrogens is 182 g/mol. The monoisotopic (exact) mass is 191 g/mol. The molecule has 5 heteroatoms. The molecule has 72 valence electrons. The van der Waals surface area contributed by atoms with Crippen molar-refractivity contribution in [1.82, 2.24) is 9.66 Å². The van der Waals surface area contributed by atoms with Gasteiger partial charge in [0.1, 0.15) is 11.8 Å². The first-order valence-corrected chi connectivity index (χ1v) is 4.03. The largest absolute Gasteiger partial charge is 0.465 e. The average molecular weight is 191 g/mol. The predicted octanol–water partition coefficient (Wildman–Crippen LogP) is 0.537. The number of aromatic nitrogens is 2. The molecule has 0 radical (unpaired) electrons. The van der Waals surface area contributed by atoms with E-state index < -0.39 is 5.97 Å². The van der Waals surface area contributed by atoms with Crippen LogP contribution in [0.5, 0.6) is 0 Å². The number of para-hydroxylation sites is 1. The molecule has 1 heterocycles. The molecule has 0 unspecified atom stereocenters. The Morgan fingerprint density at radius 3 is 3.07 bits per heavy atom. The van der Waals surface area contributed by atoms with Crippen molar-refractivity contribution < 1.29 is 9.53 Å². The first kappa shape index (κ1) is 8.55. The lowest BCUT2D eigenvalue weighted by Gasteiger charge is -1.99. The van der Waals surface area contributed by atoms with Crippen LogP contribution in [0.1, 0.15) is 10.4 Å². The second kappa shape index (κ2) is 3.02. The van der Waals surface area contributed by atoms with Crippen LogP contribution in [0.25, 0.3) is 11.0 Å². The Hall–Kier alpha value is -2.04. The smallest absolute Gasteiger partial charge is 0.340 e. The third-order valence-corrected chi connectivity index (χ3v) is 2.01. The normalized spacial score (nSPS) is 10.4. The number of benzene rings is 1. The van der Waals surface area contributed by atoms with E-state index in [1.165, 1.54) is 18.1 Å². The highest BCUT2D eigenvalue weighted by molar-refractivity contribution is 6.01. The molecule has 14 heavy (non-hydrogen) atoms. The van der Waals surface area contributed by atoms with Crippen LogP contribution >= 0.6 is 0 Å². The number of ether oxygens (including phenoxy) is 1. The predicted molar refractivity (Wildman–Crippen MR) is 51.2 cm³/mol. The summed E-state index contributed by atoms with van der Waals surface area (Å²) in [5.74, 6) is 5.18. The molecule has 0 saturated carbocycles. The van der Waals surface area contributed by atoms with Crippen molar-refractivity contribution >= 4 is 17.0 Å². The number of esters is 1. The van der Waals surface area contributed by atoms with Crippen molar-refractivity contribution in [2.75, 3.05) is 13.0 Å². The number of carbonyl (C=O) groups is 1. The van der Waals surface area contributed by atoms with Gasteiger partial charge in [0, 0.05) is 0 Å². The summed E-state index contributed by atoms with van der Waals surface area (Å²) in [7, 11) is 1.33. The quantitative estimate of drug-likeness (QED) is 0.527. The Bertz CT molecular complexity index is 490. The first-order valence-electron chi connectivity index (χ1n) is 4.03. The average Bonchev–Trinajstić information content (AvgIpc) is 2.59. The van der Waals surface area contributed by atoms with Gasteiger partial charge in [-0.3, -0.25) is 0 Å². The molecule has 0 spiro atoms. The molecule has 0 aliphatic carbocycles. The molecule has 0 bridgehead atoms. The summed E-state index contributed by atoms with van der Waals surface area (Å²) in [6, 6.07) is 5.18. The van der Waals surface area contributed by atoms with Gasteiger partial charge < -0.3 is 10.6 Å². The van der Waals surface area contributed by atoms with E-state index in [0.717, 1.165) is 0 Å². The maximum Gasteiger partial charge on any atom is 0.340 e. The highest BCUT2D eigenvalue weighted by atomic mass is 16.5. The number of nitrogen functional groups attached to an aromatic ring is 1. The molecule has 2 aromatic rings. The minimum absolute atomic E-state index is 0.408. The van der Waals surface area contributed by atoms with Gasteiger partial charge in [0.2, 0.25) is 0 Å². The van der Waals surface area contributed by atoms with Gasteiger partial charge in [0.05, 0.1) is 18.2 Å². The minimum atomic E-state index is -0.408. The third kappa shape index (κ3) is 1.10. The molecule has 1 aromatic carbocycles. The Balaban J connectivity index is 2.71. The second-order valence-corrected chi connectivity index (χ2v) is 2.82. The number of hydrogen-bond acceptors (Lipinski definition) is 4. The summed E-state index contributed by atoms with van der Waals surface area (Å²) in [6.45, 7) is 0. The zero-order valence-corrected chi connectivity index (χ0v) is 7.60. The Labute approximate surface area is 80.1 Å². The van der Waals surface area contributed by atoms with Gasteiger partial charge in [-0.2, -0.15) is 0 Å². The standard InChI is InChI=1S/C9H9N3O2/c1-14-9(13)6-3-2-4-7-8(6)11-5-12(7)10/h2-5H,10H2,1H3. The van der Waals surface area contributed by atoms with Gasteiger partial charge in [-0.25, -0.2) is 14.5 Å². The van der Waals surface area contributed by atoms with Crippen molar-refractivity contribution in [2.24, 2.45) is 0 Å². The van der Waals surface area contributed by atoms with E-state index in [1.807, 2.05) is 0 Å². The maximum absolute atomic E-state index is 11.3. The number of nitrogens with zero attached hydrogens (tertiary/aromatic N) is 2. The summed E-state index contributed by atoms with van der Waals surface area (Å²) >= 11 is 0. The van der Waals surface area contributed by atoms with E-state index in [2.05, 4.69) is 9.72 Å². The number of methoxy groups -OCH3 is 1. The molecule has 0 aliphatic rings. The number of rotatable bonds is 1. The number of nitrogens with two attached hydrogens (primary N) is 1. The van der Waals surface area contributed by atoms with Gasteiger partial charge >= 0.3 is 5.97 Å². The highest BCUT2D eigenvalue weighted by Gasteiger charge is 2.12. The van der Waals surface area contributed by atoms with Gasteiger partial charge in [-0.15, -0.1) is 0 Å². The fraction of sp³-hybridized carbons (Fsp3) is 0.111. The van der Waals surface area contributed by atoms with Crippen molar-refractivity contribution in [2.45, 2.75) is 0 Å². The minimum Gasteiger partial charge on any atom is -0.465 e. The summed E-state index contributed by atoms with van der Waals surface area (Å²) in [6.07, 6.45) is 1.46. The van der Waals surface area contributed by atoms with Crippen LogP contribution in [0.3, 0.4) is 0 Å². The van der Waals surface area contributed by atoms with E-state index in [-0.39, 0.29) is 0 Å². The molecule has 0 atom stereocenters. The summed E-state index contributed by atoms with van der Waals surface area (Å²) in [4.78, 5) is 15.3. The van der Waals surface area contributed by atoms with E-state index in [0.29, 0.717) is 16.6 Å². The maximum atomic E-state index is 11.3. The van der Waals surface area contributed by atoms with Crippen LogP contribution in [-0.2, 0) is 4.74 Å². The van der Waals surface area contributed by atoms with Gasteiger partial charge in [0.15, 0.2) is 0 Å². The van der Waals surface area contributed by atoms with E-state index in [4.69, 9.17) is 5.84 Å². The van der Waals surface area contributed by atoms with Crippen molar-refractivity contribution in [3.63, 3.8) is 0 Å². The summed E-state index contributed by atoms with van der Waals surface area (Å²) in [5.41, 5.74) is 1.68. The number of carbonyl (C=O) groups excluding carboxylic acids is 1. The Morgan fingerprint density at radius 1 is 1.57 bits per heavy atom. The molecule has 0 amide bonds. The van der Waals surface area contributed by atoms with Crippen LogP contribution in [0.15, 0.2) is 24.5 Å². The van der Waals surface area contributed by atoms with Crippen LogP contribution < -0.4 is 5.84 Å². The number of fused-ring (bicyclic) bond motifs is 1. The molecule has 2 rings (SSSR count). The van der Waals surface area contributed by atoms with Gasteiger partial charge in [0.25, 0.3) is 0 Å². The highest BCUT2D eigenvalue weighted by Crippen LogP contribution is 2.16. The van der Waals surface area contributed by atoms with Gasteiger partial charge in [-0.1, -0.05) is 6.07 Å². The van der Waals surface area contributed by atoms with Crippen molar-refractivity contribution in [3.8, 4) is 0 Å². The van der Waals surface area contributed by atoms with Crippen LogP contribution in [0.4, 0.5) is 0 Å². The summed E-state index contributed by atoms with van der Waals surface area (Å²) in [5, 5.41) is 0. The fourth-order valence-electron chi connectivity index (χ4n) is 1.33. The van der Waals surface area contributed by atoms with Crippen molar-refractivity contribution in [3.05, 3.63) is 30.1 Å². The van der Waals surface area contributed by atoms with Crippen LogP contribution in [-0.4, -0.2) is 22.7 Å². The van der Waals surface area contributed by atoms with E-state index >= 15 is 0 Å². The molecule has 5 nitrogen and oxygen atoms in total. The molecule has 0 fully saturated rings. The lowest BCUT2D eigenvalue weighted by atomic mass is 10.2. The molecule has 0 saturated heterocycles. The molecule has 0 aliphatic heterocycles. The zero-order valence-electron chi connectivity index (χ0n) is 7.60. The molecule has 2 N–H and O–H groups in total. The summed E-state index contributed by atoms with van der Waals surface area (Å²) < 4.78 is 5.99. The molecular formula is C9H9N3O2. The Kier molecular flexibility index (Phi) is 1.85. The van der Waals surface area contributed by atoms with E-state index in [1.54, 1.807) is 18.2 Å².